The smallest absolute Gasteiger partial charge is 0.126 e. The summed E-state index contributed by atoms with van der Waals surface area (Å²) in [6.07, 6.45) is 1.66. The number of aromatic hydroxyl groups is 1. The van der Waals surface area contributed by atoms with Crippen molar-refractivity contribution in [3.05, 3.63) is 28.8 Å². The van der Waals surface area contributed by atoms with Gasteiger partial charge in [-0.05, 0) is 23.9 Å². The van der Waals surface area contributed by atoms with Crippen LogP contribution in [0.5, 0.6) is 5.75 Å². The summed E-state index contributed by atoms with van der Waals surface area (Å²) in [6, 6.07) is 3.25. The Morgan fingerprint density at radius 1 is 1.14 bits per heavy atom. The predicted molar refractivity (Wildman–Crippen MR) is 52.4 cm³/mol. The summed E-state index contributed by atoms with van der Waals surface area (Å²) >= 11 is 0. The van der Waals surface area contributed by atoms with Gasteiger partial charge in [0.05, 0.1) is 13.2 Å². The van der Waals surface area contributed by atoms with Gasteiger partial charge in [0.25, 0.3) is 0 Å². The molecule has 0 fully saturated rings. The van der Waals surface area contributed by atoms with E-state index in [1.165, 1.54) is 6.21 Å². The molecule has 0 aromatic heterocycles. The van der Waals surface area contributed by atoms with Crippen LogP contribution >= 0.6 is 0 Å². The SMILES string of the molecule is N=CCc1cc(CO)c(O)c(CO)c1. The van der Waals surface area contributed by atoms with Crippen LogP contribution in [0.2, 0.25) is 0 Å². The van der Waals surface area contributed by atoms with E-state index in [9.17, 15) is 5.11 Å². The highest BCUT2D eigenvalue weighted by atomic mass is 16.3. The molecule has 4 nitrogen and oxygen atoms in total. The van der Waals surface area contributed by atoms with E-state index < -0.39 is 0 Å². The van der Waals surface area contributed by atoms with Crippen molar-refractivity contribution in [3.63, 3.8) is 0 Å². The van der Waals surface area contributed by atoms with E-state index in [1.807, 2.05) is 0 Å². The van der Waals surface area contributed by atoms with Gasteiger partial charge in [0, 0.05) is 17.5 Å². The molecule has 0 heterocycles. The van der Waals surface area contributed by atoms with Crippen LogP contribution < -0.4 is 0 Å². The number of hydrogen-bond donors (Lipinski definition) is 4. The van der Waals surface area contributed by atoms with Crippen molar-refractivity contribution >= 4 is 6.21 Å². The van der Waals surface area contributed by atoms with E-state index in [2.05, 4.69) is 0 Å². The molecule has 14 heavy (non-hydrogen) atoms. The predicted octanol–water partition coefficient (Wildman–Crippen LogP) is 0.569. The minimum Gasteiger partial charge on any atom is -0.507 e. The third kappa shape index (κ3) is 2.10. The molecule has 0 bridgehead atoms. The Balaban J connectivity index is 3.17. The van der Waals surface area contributed by atoms with Gasteiger partial charge in [0.2, 0.25) is 0 Å². The summed E-state index contributed by atoms with van der Waals surface area (Å²) in [5.41, 5.74) is 1.56. The number of hydrogen-bond acceptors (Lipinski definition) is 4. The molecule has 0 aliphatic heterocycles. The maximum absolute atomic E-state index is 9.50. The van der Waals surface area contributed by atoms with Crippen LogP contribution in [0.15, 0.2) is 12.1 Å². The molecular formula is C10H13NO3. The maximum Gasteiger partial charge on any atom is 0.126 e. The molecule has 0 amide bonds. The largest absolute Gasteiger partial charge is 0.507 e. The van der Waals surface area contributed by atoms with Crippen molar-refractivity contribution in [3.8, 4) is 5.75 Å². The topological polar surface area (TPSA) is 84.5 Å². The van der Waals surface area contributed by atoms with E-state index >= 15 is 0 Å². The van der Waals surface area contributed by atoms with Crippen molar-refractivity contribution in [2.24, 2.45) is 0 Å². The zero-order valence-corrected chi connectivity index (χ0v) is 7.70. The summed E-state index contributed by atoms with van der Waals surface area (Å²) in [5, 5.41) is 34.3. The standard InChI is InChI=1S/C10H13NO3/c11-2-1-7-3-8(5-12)10(14)9(4-7)6-13/h2-4,11-14H,1,5-6H2. The molecule has 0 radical (unpaired) electrons. The van der Waals surface area contributed by atoms with Crippen molar-refractivity contribution < 1.29 is 15.3 Å². The van der Waals surface area contributed by atoms with Gasteiger partial charge < -0.3 is 20.7 Å². The zero-order chi connectivity index (χ0) is 10.6. The fraction of sp³-hybridized carbons (Fsp3) is 0.300. The average Bonchev–Trinajstić information content (AvgIpc) is 2.20. The molecule has 0 spiro atoms. The molecule has 0 unspecified atom stereocenters. The van der Waals surface area contributed by atoms with Gasteiger partial charge in [-0.25, -0.2) is 0 Å². The van der Waals surface area contributed by atoms with E-state index in [1.54, 1.807) is 12.1 Å². The molecule has 4 heteroatoms. The summed E-state index contributed by atoms with van der Waals surface area (Å²) in [4.78, 5) is 0. The van der Waals surface area contributed by atoms with E-state index in [-0.39, 0.29) is 19.0 Å². The Labute approximate surface area is 82.0 Å². The molecular weight excluding hydrogens is 182 g/mol. The summed E-state index contributed by atoms with van der Waals surface area (Å²) in [5.74, 6) is -0.0660. The van der Waals surface area contributed by atoms with Gasteiger partial charge in [0.1, 0.15) is 5.75 Å². The van der Waals surface area contributed by atoms with Crippen molar-refractivity contribution in [1.29, 1.82) is 5.41 Å². The molecule has 0 aliphatic carbocycles. The van der Waals surface area contributed by atoms with Gasteiger partial charge >= 0.3 is 0 Å². The molecule has 0 saturated heterocycles. The van der Waals surface area contributed by atoms with Crippen LogP contribution in [0, 0.1) is 5.41 Å². The zero-order valence-electron chi connectivity index (χ0n) is 7.70. The van der Waals surface area contributed by atoms with Crippen LogP contribution in [0.4, 0.5) is 0 Å². The highest BCUT2D eigenvalue weighted by Gasteiger charge is 2.07. The van der Waals surface area contributed by atoms with Crippen LogP contribution in [-0.2, 0) is 19.6 Å². The van der Waals surface area contributed by atoms with Crippen LogP contribution in [0.1, 0.15) is 16.7 Å². The molecule has 0 aliphatic rings. The first-order valence-corrected chi connectivity index (χ1v) is 4.27. The minimum atomic E-state index is -0.273. The normalized spacial score (nSPS) is 10.1. The second kappa shape index (κ2) is 4.74. The number of aliphatic hydroxyl groups excluding tert-OH is 2. The van der Waals surface area contributed by atoms with Gasteiger partial charge in [-0.15, -0.1) is 0 Å². The van der Waals surface area contributed by atoms with Gasteiger partial charge in [0.15, 0.2) is 0 Å². The van der Waals surface area contributed by atoms with Crippen molar-refractivity contribution in [2.75, 3.05) is 0 Å². The maximum atomic E-state index is 9.50. The Bertz CT molecular complexity index is 311. The first-order chi connectivity index (χ1) is 6.72. The third-order valence-corrected chi connectivity index (χ3v) is 2.01. The molecule has 1 aromatic rings. The number of nitrogens with one attached hydrogen (secondary N) is 1. The second-order valence-electron chi connectivity index (χ2n) is 2.99. The Hall–Kier alpha value is -1.39. The van der Waals surface area contributed by atoms with Crippen LogP contribution in [-0.4, -0.2) is 21.5 Å². The lowest BCUT2D eigenvalue weighted by molar-refractivity contribution is 0.263. The van der Waals surface area contributed by atoms with Crippen LogP contribution in [0.3, 0.4) is 0 Å². The highest BCUT2D eigenvalue weighted by Crippen LogP contribution is 2.24. The Morgan fingerprint density at radius 3 is 2.00 bits per heavy atom. The second-order valence-corrected chi connectivity index (χ2v) is 2.99. The summed E-state index contributed by atoms with van der Waals surface area (Å²) in [7, 11) is 0. The highest BCUT2D eigenvalue weighted by molar-refractivity contribution is 5.59. The van der Waals surface area contributed by atoms with Gasteiger partial charge in [-0.3, -0.25) is 0 Å². The Kier molecular flexibility index (Phi) is 3.62. The van der Waals surface area contributed by atoms with Crippen molar-refractivity contribution in [2.45, 2.75) is 19.6 Å². The first kappa shape index (κ1) is 10.7. The molecule has 1 rings (SSSR count). The number of phenols is 1. The Morgan fingerprint density at radius 2 is 1.64 bits per heavy atom. The number of benzene rings is 1. The van der Waals surface area contributed by atoms with Gasteiger partial charge in [-0.1, -0.05) is 0 Å². The monoisotopic (exact) mass is 195 g/mol. The van der Waals surface area contributed by atoms with Crippen molar-refractivity contribution in [1.82, 2.24) is 0 Å². The molecule has 4 N–H and O–H groups in total. The van der Waals surface area contributed by atoms with E-state index in [0.717, 1.165) is 5.56 Å². The lowest BCUT2D eigenvalue weighted by atomic mass is 10.0. The summed E-state index contributed by atoms with van der Waals surface area (Å²) < 4.78 is 0. The quantitative estimate of drug-likeness (QED) is 0.530. The molecule has 0 saturated carbocycles. The van der Waals surface area contributed by atoms with Crippen LogP contribution in [0.25, 0.3) is 0 Å². The van der Waals surface area contributed by atoms with E-state index in [4.69, 9.17) is 15.6 Å². The molecule has 76 valence electrons. The van der Waals surface area contributed by atoms with E-state index in [0.29, 0.717) is 17.5 Å². The van der Waals surface area contributed by atoms with Gasteiger partial charge in [-0.2, -0.15) is 0 Å². The number of aliphatic hydroxyl groups is 2. The first-order valence-electron chi connectivity index (χ1n) is 4.27. The third-order valence-electron chi connectivity index (χ3n) is 2.01. The number of rotatable bonds is 4. The molecule has 0 atom stereocenters. The lowest BCUT2D eigenvalue weighted by Gasteiger charge is -2.08. The average molecular weight is 195 g/mol. The fourth-order valence-corrected chi connectivity index (χ4v) is 1.31. The summed E-state index contributed by atoms with van der Waals surface area (Å²) in [6.45, 7) is -0.546. The fourth-order valence-electron chi connectivity index (χ4n) is 1.31. The lowest BCUT2D eigenvalue weighted by Crippen LogP contribution is -1.96. The molecule has 1 aromatic carbocycles. The minimum absolute atomic E-state index is 0.0660.